The van der Waals surface area contributed by atoms with E-state index < -0.39 is 0 Å². The van der Waals surface area contributed by atoms with Crippen LogP contribution in [0.15, 0.2) is 17.0 Å². The van der Waals surface area contributed by atoms with Crippen molar-refractivity contribution in [2.24, 2.45) is 5.41 Å². The monoisotopic (exact) mass is 406 g/mol. The SMILES string of the molecule is CCOC(=O)C12CCCC(c3nc(Br)c4c(N)nccn34)(CC1)CC2. The summed E-state index contributed by atoms with van der Waals surface area (Å²) in [4.78, 5) is 21.6. The van der Waals surface area contributed by atoms with E-state index in [1.807, 2.05) is 13.1 Å². The topological polar surface area (TPSA) is 82.5 Å². The molecule has 2 heterocycles. The van der Waals surface area contributed by atoms with Crippen LogP contribution >= 0.6 is 15.9 Å². The molecule has 5 rings (SSSR count). The molecule has 2 bridgehead atoms. The molecule has 2 aromatic heterocycles. The summed E-state index contributed by atoms with van der Waals surface area (Å²) < 4.78 is 8.22. The molecule has 0 spiro atoms. The minimum Gasteiger partial charge on any atom is -0.466 e. The molecule has 0 radical (unpaired) electrons. The van der Waals surface area contributed by atoms with Crippen molar-refractivity contribution in [3.05, 3.63) is 22.8 Å². The number of esters is 1. The summed E-state index contributed by atoms with van der Waals surface area (Å²) in [5.41, 5.74) is 6.59. The number of halogens is 1. The standard InChI is InChI=1S/C18H23BrN4O2/c1-2-25-16(24)18-5-3-4-17(6-8-18,7-9-18)15-22-13(19)12-14(20)21-10-11-23(12)15/h10-11H,2-9H2,1H3,(H2,20,21). The number of anilines is 1. The maximum absolute atomic E-state index is 12.6. The second-order valence-electron chi connectivity index (χ2n) is 7.39. The third-order valence-electron chi connectivity index (χ3n) is 6.20. The normalized spacial score (nSPS) is 28.9. The molecule has 0 aromatic carbocycles. The predicted octanol–water partition coefficient (Wildman–Crippen LogP) is 3.62. The molecular weight excluding hydrogens is 384 g/mol. The van der Waals surface area contributed by atoms with Crippen LogP contribution in [0.25, 0.3) is 5.52 Å². The number of rotatable bonds is 3. The second-order valence-corrected chi connectivity index (χ2v) is 8.14. The maximum Gasteiger partial charge on any atom is 0.312 e. The maximum atomic E-state index is 12.6. The Morgan fingerprint density at radius 3 is 2.80 bits per heavy atom. The van der Waals surface area contributed by atoms with Gasteiger partial charge in [-0.2, -0.15) is 0 Å². The van der Waals surface area contributed by atoms with Crippen LogP contribution in [0, 0.1) is 5.41 Å². The van der Waals surface area contributed by atoms with Gasteiger partial charge in [-0.05, 0) is 61.4 Å². The molecular formula is C18H23BrN4O2. The van der Waals surface area contributed by atoms with E-state index in [1.54, 1.807) is 6.20 Å². The highest BCUT2D eigenvalue weighted by Crippen LogP contribution is 2.55. The van der Waals surface area contributed by atoms with Gasteiger partial charge in [0.1, 0.15) is 15.9 Å². The van der Waals surface area contributed by atoms with Gasteiger partial charge in [-0.3, -0.25) is 9.20 Å². The second kappa shape index (κ2) is 5.97. The molecule has 0 atom stereocenters. The molecule has 2 aromatic rings. The number of nitrogens with two attached hydrogens (primary N) is 1. The largest absolute Gasteiger partial charge is 0.466 e. The third-order valence-corrected chi connectivity index (χ3v) is 6.75. The number of carbonyl (C=O) groups excluding carboxylic acids is 1. The average molecular weight is 407 g/mol. The van der Waals surface area contributed by atoms with Crippen molar-refractivity contribution in [1.82, 2.24) is 14.4 Å². The molecule has 3 fully saturated rings. The zero-order valence-electron chi connectivity index (χ0n) is 14.4. The molecule has 0 unspecified atom stereocenters. The van der Waals surface area contributed by atoms with Gasteiger partial charge in [-0.15, -0.1) is 0 Å². The van der Waals surface area contributed by atoms with Gasteiger partial charge in [-0.1, -0.05) is 6.42 Å². The molecule has 2 N–H and O–H groups in total. The van der Waals surface area contributed by atoms with Gasteiger partial charge in [0.15, 0.2) is 5.82 Å². The van der Waals surface area contributed by atoms with E-state index in [-0.39, 0.29) is 16.8 Å². The van der Waals surface area contributed by atoms with Gasteiger partial charge in [0.2, 0.25) is 0 Å². The van der Waals surface area contributed by atoms with Gasteiger partial charge < -0.3 is 10.5 Å². The molecule has 134 valence electrons. The average Bonchev–Trinajstić information content (AvgIpc) is 2.76. The summed E-state index contributed by atoms with van der Waals surface area (Å²) in [5, 5.41) is 0. The Balaban J connectivity index is 1.74. The first-order valence-electron chi connectivity index (χ1n) is 8.97. The first kappa shape index (κ1) is 16.8. The highest BCUT2D eigenvalue weighted by atomic mass is 79.9. The van der Waals surface area contributed by atoms with E-state index >= 15 is 0 Å². The Hall–Kier alpha value is -1.63. The van der Waals surface area contributed by atoms with Gasteiger partial charge >= 0.3 is 5.97 Å². The lowest BCUT2D eigenvalue weighted by atomic mass is 9.64. The van der Waals surface area contributed by atoms with Gasteiger partial charge in [-0.25, -0.2) is 9.97 Å². The summed E-state index contributed by atoms with van der Waals surface area (Å²) in [6, 6.07) is 0. The van der Waals surface area contributed by atoms with Crippen LogP contribution < -0.4 is 5.73 Å². The van der Waals surface area contributed by atoms with Crippen molar-refractivity contribution >= 4 is 33.2 Å². The number of hydrogen-bond donors (Lipinski definition) is 1. The Kier molecular flexibility index (Phi) is 4.02. The van der Waals surface area contributed by atoms with Gasteiger partial charge in [0, 0.05) is 17.8 Å². The molecule has 3 aliphatic carbocycles. The van der Waals surface area contributed by atoms with E-state index in [9.17, 15) is 4.79 Å². The number of hydrogen-bond acceptors (Lipinski definition) is 5. The number of imidazole rings is 1. The van der Waals surface area contributed by atoms with Crippen LogP contribution in [0.2, 0.25) is 0 Å². The van der Waals surface area contributed by atoms with Crippen LogP contribution in [-0.2, 0) is 14.9 Å². The van der Waals surface area contributed by atoms with Crippen LogP contribution in [0.4, 0.5) is 5.82 Å². The summed E-state index contributed by atoms with van der Waals surface area (Å²) in [7, 11) is 0. The van der Waals surface area contributed by atoms with Crippen molar-refractivity contribution in [1.29, 1.82) is 0 Å². The molecule has 3 saturated carbocycles. The lowest BCUT2D eigenvalue weighted by Crippen LogP contribution is -2.40. The number of carbonyl (C=O) groups is 1. The van der Waals surface area contributed by atoms with Gasteiger partial charge in [0.25, 0.3) is 0 Å². The first-order valence-corrected chi connectivity index (χ1v) is 9.76. The number of fused-ring (bicyclic) bond motifs is 5. The Morgan fingerprint density at radius 1 is 1.32 bits per heavy atom. The van der Waals surface area contributed by atoms with E-state index in [1.165, 1.54) is 0 Å². The summed E-state index contributed by atoms with van der Waals surface area (Å²) in [6.07, 6.45) is 10.3. The van der Waals surface area contributed by atoms with Gasteiger partial charge in [0.05, 0.1) is 12.0 Å². The molecule has 6 nitrogen and oxygen atoms in total. The summed E-state index contributed by atoms with van der Waals surface area (Å²) in [5.74, 6) is 1.52. The number of ether oxygens (including phenoxy) is 1. The highest BCUT2D eigenvalue weighted by Gasteiger charge is 2.52. The molecule has 7 heteroatoms. The zero-order chi connectivity index (χ0) is 17.7. The minimum atomic E-state index is -0.291. The van der Waals surface area contributed by atoms with E-state index in [0.717, 1.165) is 60.9 Å². The Labute approximate surface area is 155 Å². The molecule has 25 heavy (non-hydrogen) atoms. The summed E-state index contributed by atoms with van der Waals surface area (Å²) >= 11 is 3.55. The molecule has 3 aliphatic rings. The number of nitrogens with zero attached hydrogens (tertiary/aromatic N) is 3. The van der Waals surface area contributed by atoms with Crippen molar-refractivity contribution in [3.63, 3.8) is 0 Å². The highest BCUT2D eigenvalue weighted by molar-refractivity contribution is 9.10. The van der Waals surface area contributed by atoms with Crippen molar-refractivity contribution in [3.8, 4) is 0 Å². The van der Waals surface area contributed by atoms with Crippen LogP contribution in [0.3, 0.4) is 0 Å². The van der Waals surface area contributed by atoms with Crippen LogP contribution in [-0.4, -0.2) is 26.9 Å². The fraction of sp³-hybridized carbons (Fsp3) is 0.611. The Bertz CT molecular complexity index is 824. The zero-order valence-corrected chi connectivity index (χ0v) is 16.0. The lowest BCUT2D eigenvalue weighted by molar-refractivity contribution is -0.158. The van der Waals surface area contributed by atoms with Crippen LogP contribution in [0.5, 0.6) is 0 Å². The van der Waals surface area contributed by atoms with Crippen LogP contribution in [0.1, 0.15) is 57.7 Å². The summed E-state index contributed by atoms with van der Waals surface area (Å²) in [6.45, 7) is 2.33. The van der Waals surface area contributed by atoms with E-state index in [4.69, 9.17) is 15.5 Å². The molecule has 0 aliphatic heterocycles. The quantitative estimate of drug-likeness (QED) is 0.786. The fourth-order valence-electron chi connectivity index (χ4n) is 4.79. The fourth-order valence-corrected chi connectivity index (χ4v) is 5.36. The van der Waals surface area contributed by atoms with Crippen molar-refractivity contribution in [2.75, 3.05) is 12.3 Å². The number of nitrogen functional groups attached to an aromatic ring is 1. The Morgan fingerprint density at radius 2 is 2.08 bits per heavy atom. The minimum absolute atomic E-state index is 0.00474. The third kappa shape index (κ3) is 2.46. The van der Waals surface area contributed by atoms with E-state index in [0.29, 0.717) is 12.4 Å². The smallest absolute Gasteiger partial charge is 0.312 e. The number of aromatic nitrogens is 3. The first-order chi connectivity index (χ1) is 12.0. The predicted molar refractivity (Wildman–Crippen MR) is 98.2 cm³/mol. The lowest BCUT2D eigenvalue weighted by Gasteiger charge is -2.40. The van der Waals surface area contributed by atoms with E-state index in [2.05, 4.69) is 25.3 Å². The van der Waals surface area contributed by atoms with Crippen molar-refractivity contribution in [2.45, 2.75) is 57.3 Å². The molecule has 0 amide bonds. The van der Waals surface area contributed by atoms with Crippen molar-refractivity contribution < 1.29 is 9.53 Å². The molecule has 0 saturated heterocycles.